The maximum atomic E-state index is 5.54. The molecule has 0 aromatic heterocycles. The van der Waals surface area contributed by atoms with E-state index >= 15 is 0 Å². The van der Waals surface area contributed by atoms with E-state index in [-0.39, 0.29) is 0 Å². The van der Waals surface area contributed by atoms with E-state index in [2.05, 4.69) is 17.5 Å². The Labute approximate surface area is 89.9 Å². The molecule has 2 fully saturated rings. The molecule has 3 rings (SSSR count). The van der Waals surface area contributed by atoms with E-state index in [9.17, 15) is 0 Å². The number of fused-ring (bicyclic) bond motifs is 5. The van der Waals surface area contributed by atoms with Crippen molar-refractivity contribution in [2.75, 3.05) is 0 Å². The molecule has 0 amide bonds. The van der Waals surface area contributed by atoms with Crippen LogP contribution in [0.1, 0.15) is 19.3 Å². The molecule has 0 spiro atoms. The zero-order valence-corrected chi connectivity index (χ0v) is 8.96. The Balaban J connectivity index is 1.76. The standard InChI is InChI=1S/C11H16N2S/c12-11(14)13-10-5-6-4-9(10)8-3-1-2-7(6)8/h1,3,6-10H,2,4-5H2,(H3,12,13,14)/t6-,7+,8+,9+,10-/m1/s1. The molecule has 0 heterocycles. The minimum Gasteiger partial charge on any atom is -0.376 e. The van der Waals surface area contributed by atoms with Crippen molar-refractivity contribution in [3.63, 3.8) is 0 Å². The van der Waals surface area contributed by atoms with Crippen molar-refractivity contribution in [1.82, 2.24) is 5.32 Å². The van der Waals surface area contributed by atoms with E-state index in [4.69, 9.17) is 18.0 Å². The van der Waals surface area contributed by atoms with Crippen molar-refractivity contribution >= 4 is 17.3 Å². The summed E-state index contributed by atoms with van der Waals surface area (Å²) in [5.41, 5.74) is 5.54. The molecule has 0 unspecified atom stereocenters. The molecule has 2 saturated carbocycles. The van der Waals surface area contributed by atoms with E-state index in [1.807, 2.05) is 0 Å². The van der Waals surface area contributed by atoms with Crippen LogP contribution in [0.25, 0.3) is 0 Å². The van der Waals surface area contributed by atoms with E-state index < -0.39 is 0 Å². The van der Waals surface area contributed by atoms with Gasteiger partial charge >= 0.3 is 0 Å². The number of hydrogen-bond donors (Lipinski definition) is 2. The van der Waals surface area contributed by atoms with Crippen LogP contribution in [0.15, 0.2) is 12.2 Å². The van der Waals surface area contributed by atoms with Crippen molar-refractivity contribution in [1.29, 1.82) is 0 Å². The van der Waals surface area contributed by atoms with Crippen LogP contribution in [-0.2, 0) is 0 Å². The minimum atomic E-state index is 0.473. The number of nitrogens with two attached hydrogens (primary N) is 1. The van der Waals surface area contributed by atoms with E-state index in [0.29, 0.717) is 11.2 Å². The third kappa shape index (κ3) is 1.11. The molecule has 3 aliphatic rings. The number of hydrogen-bond acceptors (Lipinski definition) is 1. The molecule has 14 heavy (non-hydrogen) atoms. The summed E-state index contributed by atoms with van der Waals surface area (Å²) in [6, 6.07) is 0.557. The molecule has 2 nitrogen and oxygen atoms in total. The third-order valence-electron chi connectivity index (χ3n) is 4.34. The molecule has 76 valence electrons. The maximum Gasteiger partial charge on any atom is 0.163 e. The van der Waals surface area contributed by atoms with Crippen LogP contribution in [0, 0.1) is 23.7 Å². The first kappa shape index (κ1) is 8.72. The summed E-state index contributed by atoms with van der Waals surface area (Å²) in [6.45, 7) is 0. The SMILES string of the molecule is NC(=S)N[C@@H]1C[C@H]2C[C@H]1[C@H]1C=CC[C@@H]21. The van der Waals surface area contributed by atoms with Gasteiger partial charge in [0, 0.05) is 6.04 Å². The molecule has 5 atom stereocenters. The second-order valence-corrected chi connectivity index (χ2v) is 5.36. The molecular formula is C11H16N2S. The molecule has 0 aliphatic heterocycles. The summed E-state index contributed by atoms with van der Waals surface area (Å²) in [5, 5.41) is 3.73. The first-order valence-corrected chi connectivity index (χ1v) is 5.89. The number of rotatable bonds is 1. The second-order valence-electron chi connectivity index (χ2n) is 4.92. The zero-order valence-electron chi connectivity index (χ0n) is 8.15. The Morgan fingerprint density at radius 2 is 2.21 bits per heavy atom. The van der Waals surface area contributed by atoms with Gasteiger partial charge in [0.25, 0.3) is 0 Å². The van der Waals surface area contributed by atoms with Gasteiger partial charge in [-0.2, -0.15) is 0 Å². The van der Waals surface area contributed by atoms with Gasteiger partial charge < -0.3 is 11.1 Å². The van der Waals surface area contributed by atoms with Crippen LogP contribution >= 0.6 is 12.2 Å². The molecule has 0 aromatic carbocycles. The van der Waals surface area contributed by atoms with Gasteiger partial charge in [0.05, 0.1) is 0 Å². The lowest BCUT2D eigenvalue weighted by Gasteiger charge is -2.31. The predicted molar refractivity (Wildman–Crippen MR) is 60.7 cm³/mol. The first-order chi connectivity index (χ1) is 6.75. The Bertz CT molecular complexity index is 300. The normalized spacial score (nSPS) is 48.1. The number of nitrogens with one attached hydrogen (secondary N) is 1. The van der Waals surface area contributed by atoms with Crippen LogP contribution < -0.4 is 11.1 Å². The summed E-state index contributed by atoms with van der Waals surface area (Å²) in [5.74, 6) is 3.49. The highest BCUT2D eigenvalue weighted by Gasteiger charge is 2.52. The monoisotopic (exact) mass is 208 g/mol. The highest BCUT2D eigenvalue weighted by atomic mass is 32.1. The summed E-state index contributed by atoms with van der Waals surface area (Å²) in [4.78, 5) is 0. The van der Waals surface area contributed by atoms with Gasteiger partial charge in [0.2, 0.25) is 0 Å². The quantitative estimate of drug-likeness (QED) is 0.505. The fourth-order valence-corrected chi connectivity index (χ4v) is 4.05. The highest BCUT2D eigenvalue weighted by Crippen LogP contribution is 2.56. The van der Waals surface area contributed by atoms with Crippen molar-refractivity contribution in [3.8, 4) is 0 Å². The lowest BCUT2D eigenvalue weighted by Crippen LogP contribution is -2.44. The van der Waals surface area contributed by atoms with Gasteiger partial charge in [-0.3, -0.25) is 0 Å². The molecule has 0 saturated heterocycles. The molecule has 0 aromatic rings. The average Bonchev–Trinajstić information content (AvgIpc) is 2.68. The largest absolute Gasteiger partial charge is 0.376 e. The van der Waals surface area contributed by atoms with Gasteiger partial charge in [-0.15, -0.1) is 0 Å². The number of thiocarbonyl (C=S) groups is 1. The molecule has 3 N–H and O–H groups in total. The van der Waals surface area contributed by atoms with Crippen molar-refractivity contribution in [3.05, 3.63) is 12.2 Å². The van der Waals surface area contributed by atoms with Gasteiger partial charge in [0.1, 0.15) is 0 Å². The highest BCUT2D eigenvalue weighted by molar-refractivity contribution is 7.80. The van der Waals surface area contributed by atoms with Crippen LogP contribution in [0.2, 0.25) is 0 Å². The zero-order chi connectivity index (χ0) is 9.71. The van der Waals surface area contributed by atoms with Crippen molar-refractivity contribution < 1.29 is 0 Å². The molecule has 2 bridgehead atoms. The molecular weight excluding hydrogens is 192 g/mol. The average molecular weight is 208 g/mol. The lowest BCUT2D eigenvalue weighted by molar-refractivity contribution is 0.246. The second kappa shape index (κ2) is 2.96. The Morgan fingerprint density at radius 1 is 1.36 bits per heavy atom. The van der Waals surface area contributed by atoms with E-state index in [1.165, 1.54) is 19.3 Å². The summed E-state index contributed by atoms with van der Waals surface area (Å²) >= 11 is 4.92. The molecule has 3 aliphatic carbocycles. The van der Waals surface area contributed by atoms with Crippen LogP contribution in [0.4, 0.5) is 0 Å². The van der Waals surface area contributed by atoms with Crippen molar-refractivity contribution in [2.24, 2.45) is 29.4 Å². The lowest BCUT2D eigenvalue weighted by atomic mass is 9.79. The van der Waals surface area contributed by atoms with Crippen LogP contribution in [0.3, 0.4) is 0 Å². The minimum absolute atomic E-state index is 0.473. The Morgan fingerprint density at radius 3 is 3.00 bits per heavy atom. The number of allylic oxidation sites excluding steroid dienone is 2. The molecule has 3 heteroatoms. The Hall–Kier alpha value is -0.570. The fourth-order valence-electron chi connectivity index (χ4n) is 3.89. The fraction of sp³-hybridized carbons (Fsp3) is 0.727. The third-order valence-corrected chi connectivity index (χ3v) is 4.45. The summed E-state index contributed by atoms with van der Waals surface area (Å²) < 4.78 is 0. The van der Waals surface area contributed by atoms with Crippen LogP contribution in [-0.4, -0.2) is 11.2 Å². The van der Waals surface area contributed by atoms with E-state index in [0.717, 1.165) is 23.7 Å². The van der Waals surface area contributed by atoms with Gasteiger partial charge in [-0.05, 0) is 55.2 Å². The van der Waals surface area contributed by atoms with Gasteiger partial charge in [-0.25, -0.2) is 0 Å². The summed E-state index contributed by atoms with van der Waals surface area (Å²) in [6.07, 6.45) is 8.76. The van der Waals surface area contributed by atoms with Crippen molar-refractivity contribution in [2.45, 2.75) is 25.3 Å². The Kier molecular flexibility index (Phi) is 1.84. The summed E-state index contributed by atoms with van der Waals surface area (Å²) in [7, 11) is 0. The van der Waals surface area contributed by atoms with Gasteiger partial charge in [-0.1, -0.05) is 12.2 Å². The van der Waals surface area contributed by atoms with Crippen LogP contribution in [0.5, 0.6) is 0 Å². The maximum absolute atomic E-state index is 5.54. The first-order valence-electron chi connectivity index (χ1n) is 5.48. The van der Waals surface area contributed by atoms with E-state index in [1.54, 1.807) is 0 Å². The smallest absolute Gasteiger partial charge is 0.163 e. The molecule has 0 radical (unpaired) electrons. The predicted octanol–water partition coefficient (Wildman–Crippen LogP) is 1.42. The topological polar surface area (TPSA) is 38.0 Å². The van der Waals surface area contributed by atoms with Gasteiger partial charge in [0.15, 0.2) is 5.11 Å².